The van der Waals surface area contributed by atoms with E-state index in [1.54, 1.807) is 6.07 Å². The predicted octanol–water partition coefficient (Wildman–Crippen LogP) is 3.43. The van der Waals surface area contributed by atoms with Gasteiger partial charge in [-0.1, -0.05) is 18.5 Å². The largest absolute Gasteiger partial charge is 0.481 e. The van der Waals surface area contributed by atoms with Gasteiger partial charge >= 0.3 is 0 Å². The number of nitrogens with one attached hydrogen (secondary N) is 1. The second kappa shape index (κ2) is 8.37. The molecule has 0 saturated carbocycles. The number of aliphatic carboxylic acids is 1. The van der Waals surface area contributed by atoms with Gasteiger partial charge in [0.15, 0.2) is 0 Å². The topological polar surface area (TPSA) is 73.1 Å². The van der Waals surface area contributed by atoms with Gasteiger partial charge in [0, 0.05) is 19.2 Å². The molecule has 1 rings (SSSR count). The van der Waals surface area contributed by atoms with Crippen LogP contribution >= 0.6 is 11.6 Å². The first-order chi connectivity index (χ1) is 8.43. The molecule has 0 aliphatic rings. The Morgan fingerprint density at radius 1 is 1.56 bits per heavy atom. The Hall–Kier alpha value is -1.73. The number of carboxylic acid groups (broad SMARTS) is 1. The van der Waals surface area contributed by atoms with Crippen LogP contribution in [0.3, 0.4) is 0 Å². The number of halogens is 1. The number of hydrogen-bond acceptors (Lipinski definition) is 3. The molecule has 0 bridgehead atoms. The van der Waals surface area contributed by atoms with Gasteiger partial charge in [0.05, 0.1) is 10.6 Å². The van der Waals surface area contributed by atoms with E-state index in [1.165, 1.54) is 0 Å². The second-order valence-electron chi connectivity index (χ2n) is 3.66. The second-order valence-corrected chi connectivity index (χ2v) is 4.04. The van der Waals surface area contributed by atoms with Gasteiger partial charge in [0.25, 0.3) is 5.97 Å². The van der Waals surface area contributed by atoms with Gasteiger partial charge in [-0.3, -0.25) is 4.79 Å². The first-order valence-corrected chi connectivity index (χ1v) is 5.94. The molecule has 0 fully saturated rings. The van der Waals surface area contributed by atoms with Gasteiger partial charge in [-0.2, -0.15) is 5.26 Å². The summed E-state index contributed by atoms with van der Waals surface area (Å²) in [5, 5.41) is 20.0. The Morgan fingerprint density at radius 3 is 2.56 bits per heavy atom. The van der Waals surface area contributed by atoms with Crippen LogP contribution in [0.15, 0.2) is 12.1 Å². The van der Waals surface area contributed by atoms with Crippen molar-refractivity contribution in [3.63, 3.8) is 0 Å². The SMILES string of the molecule is CC(=O)O.CCCNc1ccc(C#N)c(Cl)c1C. The molecular formula is C13H17ClN2O2. The number of nitrogens with zero attached hydrogens (tertiary/aromatic N) is 1. The van der Waals surface area contributed by atoms with E-state index in [1.807, 2.05) is 13.0 Å². The van der Waals surface area contributed by atoms with Crippen molar-refractivity contribution in [2.45, 2.75) is 27.2 Å². The van der Waals surface area contributed by atoms with Crippen LogP contribution in [0.2, 0.25) is 5.02 Å². The van der Waals surface area contributed by atoms with Crippen LogP contribution < -0.4 is 5.32 Å². The van der Waals surface area contributed by atoms with E-state index in [4.69, 9.17) is 26.8 Å². The fourth-order valence-corrected chi connectivity index (χ4v) is 1.43. The lowest BCUT2D eigenvalue weighted by atomic mass is 10.1. The van der Waals surface area contributed by atoms with Gasteiger partial charge in [0.1, 0.15) is 6.07 Å². The Kier molecular flexibility index (Phi) is 7.57. The van der Waals surface area contributed by atoms with Crippen molar-refractivity contribution in [2.24, 2.45) is 0 Å². The zero-order chi connectivity index (χ0) is 14.1. The zero-order valence-electron chi connectivity index (χ0n) is 10.7. The number of carbonyl (C=O) groups is 1. The minimum absolute atomic E-state index is 0.534. The molecule has 0 atom stereocenters. The third-order valence-electron chi connectivity index (χ3n) is 2.07. The average molecular weight is 269 g/mol. The standard InChI is InChI=1S/C11H13ClN2.C2H4O2/c1-3-6-14-10-5-4-9(7-13)11(12)8(10)2;1-2(3)4/h4-5,14H,3,6H2,1-2H3;1H3,(H,3,4). The van der Waals surface area contributed by atoms with Gasteiger partial charge < -0.3 is 10.4 Å². The van der Waals surface area contributed by atoms with Crippen molar-refractivity contribution in [3.8, 4) is 6.07 Å². The van der Waals surface area contributed by atoms with E-state index < -0.39 is 5.97 Å². The molecule has 0 amide bonds. The summed E-state index contributed by atoms with van der Waals surface area (Å²) in [7, 11) is 0. The van der Waals surface area contributed by atoms with Crippen molar-refractivity contribution in [1.82, 2.24) is 0 Å². The van der Waals surface area contributed by atoms with E-state index in [9.17, 15) is 0 Å². The molecule has 0 heterocycles. The molecule has 4 nitrogen and oxygen atoms in total. The van der Waals surface area contributed by atoms with Gasteiger partial charge in [-0.05, 0) is 31.0 Å². The number of benzene rings is 1. The predicted molar refractivity (Wildman–Crippen MR) is 73.0 cm³/mol. The molecule has 0 aliphatic heterocycles. The minimum Gasteiger partial charge on any atom is -0.481 e. The molecule has 0 unspecified atom stereocenters. The molecule has 5 heteroatoms. The lowest BCUT2D eigenvalue weighted by Crippen LogP contribution is -2.02. The maximum Gasteiger partial charge on any atom is 0.300 e. The Balaban J connectivity index is 0.000000631. The highest BCUT2D eigenvalue weighted by atomic mass is 35.5. The molecule has 0 aromatic heterocycles. The van der Waals surface area contributed by atoms with E-state index >= 15 is 0 Å². The average Bonchev–Trinajstić information content (AvgIpc) is 2.30. The third kappa shape index (κ3) is 5.55. The fourth-order valence-electron chi connectivity index (χ4n) is 1.22. The summed E-state index contributed by atoms with van der Waals surface area (Å²) in [6.07, 6.45) is 1.07. The smallest absolute Gasteiger partial charge is 0.300 e. The Labute approximate surface area is 112 Å². The lowest BCUT2D eigenvalue weighted by molar-refractivity contribution is -0.134. The molecule has 98 valence electrons. The Bertz CT molecular complexity index is 449. The minimum atomic E-state index is -0.833. The van der Waals surface area contributed by atoms with Crippen LogP contribution in [0.5, 0.6) is 0 Å². The van der Waals surface area contributed by atoms with Crippen molar-refractivity contribution in [1.29, 1.82) is 5.26 Å². The van der Waals surface area contributed by atoms with Crippen LogP contribution in [0.25, 0.3) is 0 Å². The summed E-state index contributed by atoms with van der Waals surface area (Å²) in [5.41, 5.74) is 2.49. The van der Waals surface area contributed by atoms with Crippen molar-refractivity contribution in [3.05, 3.63) is 28.3 Å². The number of carboxylic acids is 1. The first kappa shape index (κ1) is 16.3. The fraction of sp³-hybridized carbons (Fsp3) is 0.385. The highest BCUT2D eigenvalue weighted by molar-refractivity contribution is 6.32. The monoisotopic (exact) mass is 268 g/mol. The highest BCUT2D eigenvalue weighted by Gasteiger charge is 2.06. The molecule has 0 spiro atoms. The van der Waals surface area contributed by atoms with Gasteiger partial charge in [-0.25, -0.2) is 0 Å². The summed E-state index contributed by atoms with van der Waals surface area (Å²) in [5.74, 6) is -0.833. The van der Waals surface area contributed by atoms with Crippen LogP contribution in [-0.2, 0) is 4.79 Å². The summed E-state index contributed by atoms with van der Waals surface area (Å²) in [4.78, 5) is 9.00. The maximum atomic E-state index is 9.00. The molecule has 18 heavy (non-hydrogen) atoms. The summed E-state index contributed by atoms with van der Waals surface area (Å²) < 4.78 is 0. The van der Waals surface area contributed by atoms with Crippen molar-refractivity contribution < 1.29 is 9.90 Å². The maximum absolute atomic E-state index is 9.00. The van der Waals surface area contributed by atoms with E-state index in [-0.39, 0.29) is 0 Å². The highest BCUT2D eigenvalue weighted by Crippen LogP contribution is 2.26. The van der Waals surface area contributed by atoms with Crippen LogP contribution in [-0.4, -0.2) is 17.6 Å². The van der Waals surface area contributed by atoms with E-state index in [2.05, 4.69) is 18.3 Å². The molecule has 1 aromatic carbocycles. The first-order valence-electron chi connectivity index (χ1n) is 5.56. The van der Waals surface area contributed by atoms with Crippen LogP contribution in [0.4, 0.5) is 5.69 Å². The lowest BCUT2D eigenvalue weighted by Gasteiger charge is -2.10. The molecule has 1 aromatic rings. The number of hydrogen-bond donors (Lipinski definition) is 2. The van der Waals surface area contributed by atoms with Crippen LogP contribution in [0.1, 0.15) is 31.4 Å². The number of rotatable bonds is 3. The molecule has 0 aliphatic carbocycles. The zero-order valence-corrected chi connectivity index (χ0v) is 11.5. The molecule has 2 N–H and O–H groups in total. The van der Waals surface area contributed by atoms with Gasteiger partial charge in [0.2, 0.25) is 0 Å². The van der Waals surface area contributed by atoms with Crippen molar-refractivity contribution >= 4 is 23.3 Å². The quantitative estimate of drug-likeness (QED) is 0.881. The molecular weight excluding hydrogens is 252 g/mol. The van der Waals surface area contributed by atoms with E-state index in [0.717, 1.165) is 31.1 Å². The summed E-state index contributed by atoms with van der Waals surface area (Å²) in [6, 6.07) is 5.70. The number of anilines is 1. The third-order valence-corrected chi connectivity index (χ3v) is 2.56. The molecule has 0 radical (unpaired) electrons. The summed E-state index contributed by atoms with van der Waals surface area (Å²) in [6.45, 7) is 6.03. The van der Waals surface area contributed by atoms with E-state index in [0.29, 0.717) is 10.6 Å². The summed E-state index contributed by atoms with van der Waals surface area (Å²) >= 11 is 6.01. The van der Waals surface area contributed by atoms with Gasteiger partial charge in [-0.15, -0.1) is 0 Å². The van der Waals surface area contributed by atoms with Crippen molar-refractivity contribution in [2.75, 3.05) is 11.9 Å². The molecule has 0 saturated heterocycles. The normalized spacial score (nSPS) is 8.83. The Morgan fingerprint density at radius 2 is 2.11 bits per heavy atom. The number of nitriles is 1. The van der Waals surface area contributed by atoms with Crippen LogP contribution in [0, 0.1) is 18.3 Å².